The first-order valence-corrected chi connectivity index (χ1v) is 11.4. The van der Waals surface area contributed by atoms with Crippen molar-refractivity contribution in [1.29, 1.82) is 0 Å². The van der Waals surface area contributed by atoms with Crippen molar-refractivity contribution in [2.24, 2.45) is 0 Å². The molecule has 0 radical (unpaired) electrons. The van der Waals surface area contributed by atoms with Crippen molar-refractivity contribution in [3.05, 3.63) is 28.9 Å². The molecule has 1 aromatic heterocycles. The summed E-state index contributed by atoms with van der Waals surface area (Å²) in [6, 6.07) is 4.51. The predicted molar refractivity (Wildman–Crippen MR) is 90.9 cm³/mol. The van der Waals surface area contributed by atoms with Crippen molar-refractivity contribution >= 4 is 30.6 Å². The Morgan fingerprint density at radius 1 is 1.36 bits per heavy atom. The Labute approximate surface area is 136 Å². The van der Waals surface area contributed by atoms with Crippen molar-refractivity contribution in [2.75, 3.05) is 13.2 Å². The molecular formula is C15H23ClN2O3Si. The molecule has 122 valence electrons. The summed E-state index contributed by atoms with van der Waals surface area (Å²) >= 11 is 6.26. The fourth-order valence-corrected chi connectivity index (χ4v) is 3.22. The second kappa shape index (κ2) is 7.10. The summed E-state index contributed by atoms with van der Waals surface area (Å²) in [6.07, 6.45) is 0.710. The first-order valence-electron chi connectivity index (χ1n) is 7.34. The van der Waals surface area contributed by atoms with Gasteiger partial charge in [0.05, 0.1) is 23.3 Å². The number of nitrogens with zero attached hydrogens (tertiary/aromatic N) is 2. The molecule has 5 nitrogen and oxygen atoms in total. The molecule has 1 aromatic carbocycles. The second-order valence-corrected chi connectivity index (χ2v) is 12.6. The maximum Gasteiger partial charge on any atom is 0.140 e. The third-order valence-electron chi connectivity index (χ3n) is 3.53. The zero-order valence-corrected chi connectivity index (χ0v) is 15.0. The lowest BCUT2D eigenvalue weighted by Crippen LogP contribution is -2.22. The average molecular weight is 343 g/mol. The molecule has 22 heavy (non-hydrogen) atoms. The number of hydrogen-bond donors (Lipinski definition) is 2. The van der Waals surface area contributed by atoms with E-state index in [1.165, 1.54) is 0 Å². The summed E-state index contributed by atoms with van der Waals surface area (Å²) < 4.78 is 7.40. The Balaban J connectivity index is 2.18. The standard InChI is InChI=1S/C15H23ClN2O3Si/c1-22(2,3)7-6-21-10-18-15-12(8-17-18)11(14(20)9-19)4-5-13(15)16/h4-5,8,14,19-20H,6-7,9-10H2,1-3H3. The molecule has 1 atom stereocenters. The Morgan fingerprint density at radius 3 is 2.73 bits per heavy atom. The normalized spacial score (nSPS) is 13.7. The average Bonchev–Trinajstić information content (AvgIpc) is 2.87. The summed E-state index contributed by atoms with van der Waals surface area (Å²) in [7, 11) is -1.11. The van der Waals surface area contributed by atoms with Crippen LogP contribution in [0.2, 0.25) is 30.7 Å². The van der Waals surface area contributed by atoms with Crippen LogP contribution >= 0.6 is 11.6 Å². The molecule has 0 saturated carbocycles. The van der Waals surface area contributed by atoms with Gasteiger partial charge in [0, 0.05) is 20.1 Å². The third kappa shape index (κ3) is 4.08. The molecule has 1 heterocycles. The highest BCUT2D eigenvalue weighted by Crippen LogP contribution is 2.30. The molecular weight excluding hydrogens is 320 g/mol. The topological polar surface area (TPSA) is 67.5 Å². The second-order valence-electron chi connectivity index (χ2n) is 6.59. The molecule has 0 aliphatic rings. The number of ether oxygens (including phenoxy) is 1. The minimum Gasteiger partial charge on any atom is -0.393 e. The highest BCUT2D eigenvalue weighted by atomic mass is 35.5. The van der Waals surface area contributed by atoms with Crippen molar-refractivity contribution in [3.63, 3.8) is 0 Å². The zero-order valence-electron chi connectivity index (χ0n) is 13.2. The highest BCUT2D eigenvalue weighted by Gasteiger charge is 2.16. The van der Waals surface area contributed by atoms with E-state index in [4.69, 9.17) is 21.4 Å². The van der Waals surface area contributed by atoms with Gasteiger partial charge in [-0.15, -0.1) is 0 Å². The van der Waals surface area contributed by atoms with Crippen molar-refractivity contribution in [1.82, 2.24) is 9.78 Å². The molecule has 0 spiro atoms. The Morgan fingerprint density at radius 2 is 2.09 bits per heavy atom. The molecule has 0 bridgehead atoms. The van der Waals surface area contributed by atoms with E-state index in [0.29, 0.717) is 23.9 Å². The first-order chi connectivity index (χ1) is 10.3. The summed E-state index contributed by atoms with van der Waals surface area (Å²) in [4.78, 5) is 0. The number of halogens is 1. The van der Waals surface area contributed by atoms with Crippen LogP contribution in [-0.2, 0) is 11.5 Å². The van der Waals surface area contributed by atoms with Gasteiger partial charge >= 0.3 is 0 Å². The number of rotatable bonds is 7. The fourth-order valence-electron chi connectivity index (χ4n) is 2.20. The number of aliphatic hydroxyl groups is 2. The van der Waals surface area contributed by atoms with Gasteiger partial charge in [-0.3, -0.25) is 0 Å². The lowest BCUT2D eigenvalue weighted by molar-refractivity contribution is 0.0816. The van der Waals surface area contributed by atoms with E-state index in [2.05, 4.69) is 24.7 Å². The van der Waals surface area contributed by atoms with Crippen LogP contribution in [0.5, 0.6) is 0 Å². The van der Waals surface area contributed by atoms with E-state index in [0.717, 1.165) is 16.9 Å². The number of aromatic nitrogens is 2. The Hall–Kier alpha value is -0.923. The molecule has 0 aliphatic heterocycles. The predicted octanol–water partition coefficient (Wildman–Crippen LogP) is 3.03. The van der Waals surface area contributed by atoms with E-state index in [9.17, 15) is 5.11 Å². The number of aliphatic hydroxyl groups excluding tert-OH is 2. The van der Waals surface area contributed by atoms with Crippen LogP contribution in [0.4, 0.5) is 0 Å². The number of benzene rings is 1. The summed E-state index contributed by atoms with van der Waals surface area (Å²) in [5.41, 5.74) is 1.34. The van der Waals surface area contributed by atoms with Crippen LogP contribution in [-0.4, -0.2) is 41.3 Å². The third-order valence-corrected chi connectivity index (χ3v) is 5.54. The summed E-state index contributed by atoms with van der Waals surface area (Å²) in [5.74, 6) is 0. The van der Waals surface area contributed by atoms with Crippen LogP contribution in [0, 0.1) is 0 Å². The van der Waals surface area contributed by atoms with Gasteiger partial charge < -0.3 is 14.9 Å². The minimum absolute atomic E-state index is 0.326. The van der Waals surface area contributed by atoms with Gasteiger partial charge in [0.2, 0.25) is 0 Å². The van der Waals surface area contributed by atoms with Crippen LogP contribution in [0.1, 0.15) is 11.7 Å². The van der Waals surface area contributed by atoms with E-state index in [1.807, 2.05) is 0 Å². The van der Waals surface area contributed by atoms with E-state index >= 15 is 0 Å². The summed E-state index contributed by atoms with van der Waals surface area (Å²) in [6.45, 7) is 7.60. The molecule has 0 amide bonds. The van der Waals surface area contributed by atoms with Crippen LogP contribution < -0.4 is 0 Å². The molecule has 2 aromatic rings. The van der Waals surface area contributed by atoms with Gasteiger partial charge in [-0.05, 0) is 17.7 Å². The largest absolute Gasteiger partial charge is 0.393 e. The monoisotopic (exact) mass is 342 g/mol. The quantitative estimate of drug-likeness (QED) is 0.599. The zero-order chi connectivity index (χ0) is 16.3. The van der Waals surface area contributed by atoms with Crippen LogP contribution in [0.15, 0.2) is 18.3 Å². The van der Waals surface area contributed by atoms with E-state index in [1.54, 1.807) is 23.0 Å². The minimum atomic E-state index is -1.11. The number of hydrogen-bond acceptors (Lipinski definition) is 4. The van der Waals surface area contributed by atoms with Gasteiger partial charge in [0.1, 0.15) is 12.8 Å². The van der Waals surface area contributed by atoms with E-state index < -0.39 is 14.2 Å². The van der Waals surface area contributed by atoms with E-state index in [-0.39, 0.29) is 6.61 Å². The molecule has 2 rings (SSSR count). The highest BCUT2D eigenvalue weighted by molar-refractivity contribution is 6.76. The van der Waals surface area contributed by atoms with Gasteiger partial charge in [0.15, 0.2) is 0 Å². The lowest BCUT2D eigenvalue weighted by Gasteiger charge is -2.15. The Bertz CT molecular complexity index is 639. The van der Waals surface area contributed by atoms with Crippen LogP contribution in [0.25, 0.3) is 10.9 Å². The van der Waals surface area contributed by atoms with Crippen molar-refractivity contribution < 1.29 is 14.9 Å². The van der Waals surface area contributed by atoms with Crippen LogP contribution in [0.3, 0.4) is 0 Å². The lowest BCUT2D eigenvalue weighted by atomic mass is 10.1. The van der Waals surface area contributed by atoms with Gasteiger partial charge in [0.25, 0.3) is 0 Å². The smallest absolute Gasteiger partial charge is 0.140 e. The number of fused-ring (bicyclic) bond motifs is 1. The molecule has 7 heteroatoms. The van der Waals surface area contributed by atoms with Gasteiger partial charge in [-0.1, -0.05) is 37.3 Å². The molecule has 1 unspecified atom stereocenters. The molecule has 2 N–H and O–H groups in total. The Kier molecular flexibility index (Phi) is 5.63. The fraction of sp³-hybridized carbons (Fsp3) is 0.533. The van der Waals surface area contributed by atoms with Crippen molar-refractivity contribution in [2.45, 2.75) is 38.5 Å². The van der Waals surface area contributed by atoms with Crippen molar-refractivity contribution in [3.8, 4) is 0 Å². The van der Waals surface area contributed by atoms with Gasteiger partial charge in [-0.2, -0.15) is 5.10 Å². The summed E-state index contributed by atoms with van der Waals surface area (Å²) in [5, 5.41) is 24.6. The molecule has 0 aliphatic carbocycles. The maximum atomic E-state index is 9.87. The SMILES string of the molecule is C[Si](C)(C)CCOCn1ncc2c(C(O)CO)ccc(Cl)c21. The van der Waals surface area contributed by atoms with Gasteiger partial charge in [-0.25, -0.2) is 4.68 Å². The first kappa shape index (κ1) is 17.4. The molecule has 0 fully saturated rings. The molecule has 0 saturated heterocycles. The maximum absolute atomic E-state index is 9.87.